The van der Waals surface area contributed by atoms with Gasteiger partial charge in [-0.15, -0.1) is 0 Å². The number of H-pyrrole nitrogens is 1. The molecule has 0 unspecified atom stereocenters. The van der Waals surface area contributed by atoms with E-state index >= 15 is 0 Å². The van der Waals surface area contributed by atoms with Gasteiger partial charge in [0.05, 0.1) is 10.5 Å². The Morgan fingerprint density at radius 1 is 1.36 bits per heavy atom. The van der Waals surface area contributed by atoms with Crippen molar-refractivity contribution in [2.24, 2.45) is 0 Å². The Morgan fingerprint density at radius 2 is 2.18 bits per heavy atom. The number of fused-ring (bicyclic) bond motifs is 1. The third-order valence-corrected chi connectivity index (χ3v) is 2.05. The van der Waals surface area contributed by atoms with E-state index in [1.165, 1.54) is 5.39 Å². The monoisotopic (exact) mass is 165 g/mol. The molecule has 0 aliphatic rings. The molecule has 0 amide bonds. The molecule has 0 aliphatic heterocycles. The zero-order valence-corrected chi connectivity index (χ0v) is 6.94. The minimum absolute atomic E-state index is 0.788. The number of aromatic amines is 1. The van der Waals surface area contributed by atoms with Crippen LogP contribution in [0.5, 0.6) is 0 Å². The molecule has 2 heteroatoms. The van der Waals surface area contributed by atoms with Crippen LogP contribution in [-0.2, 0) is 0 Å². The highest BCUT2D eigenvalue weighted by molar-refractivity contribution is 6.35. The number of aryl methyl sites for hydroxylation is 1. The number of nitrogens with one attached hydrogen (secondary N) is 1. The molecular formula is C9H8ClN. The van der Waals surface area contributed by atoms with Crippen molar-refractivity contribution in [3.8, 4) is 0 Å². The van der Waals surface area contributed by atoms with Gasteiger partial charge >= 0.3 is 0 Å². The van der Waals surface area contributed by atoms with E-state index in [-0.39, 0.29) is 0 Å². The second kappa shape index (κ2) is 2.28. The van der Waals surface area contributed by atoms with E-state index < -0.39 is 0 Å². The van der Waals surface area contributed by atoms with Crippen molar-refractivity contribution in [2.75, 3.05) is 0 Å². The van der Waals surface area contributed by atoms with Crippen molar-refractivity contribution in [2.45, 2.75) is 6.92 Å². The minimum Gasteiger partial charge on any atom is -0.357 e. The third-order valence-electron chi connectivity index (χ3n) is 1.74. The van der Waals surface area contributed by atoms with Gasteiger partial charge in [-0.3, -0.25) is 0 Å². The maximum Gasteiger partial charge on any atom is 0.0647 e. The Hall–Kier alpha value is -0.950. The summed E-state index contributed by atoms with van der Waals surface area (Å²) in [6.45, 7) is 2.02. The molecule has 0 radical (unpaired) electrons. The summed E-state index contributed by atoms with van der Waals surface area (Å²) in [6, 6.07) is 7.98. The Kier molecular flexibility index (Phi) is 1.40. The quantitative estimate of drug-likeness (QED) is 0.618. The smallest absolute Gasteiger partial charge is 0.0647 e. The van der Waals surface area contributed by atoms with E-state index in [1.54, 1.807) is 0 Å². The van der Waals surface area contributed by atoms with Crippen LogP contribution in [0.2, 0.25) is 5.02 Å². The zero-order valence-electron chi connectivity index (χ0n) is 6.19. The predicted octanol–water partition coefficient (Wildman–Crippen LogP) is 3.13. The topological polar surface area (TPSA) is 15.8 Å². The Bertz CT molecular complexity index is 389. The third kappa shape index (κ3) is 1.02. The van der Waals surface area contributed by atoms with E-state index in [9.17, 15) is 0 Å². The van der Waals surface area contributed by atoms with Crippen LogP contribution in [0.4, 0.5) is 0 Å². The van der Waals surface area contributed by atoms with Crippen molar-refractivity contribution < 1.29 is 0 Å². The lowest BCUT2D eigenvalue weighted by atomic mass is 10.2. The maximum absolute atomic E-state index is 5.94. The normalized spacial score (nSPS) is 10.7. The fourth-order valence-electron chi connectivity index (χ4n) is 1.26. The predicted molar refractivity (Wildman–Crippen MR) is 48.0 cm³/mol. The summed E-state index contributed by atoms with van der Waals surface area (Å²) in [6.07, 6.45) is 0. The first-order chi connectivity index (χ1) is 5.27. The summed E-state index contributed by atoms with van der Waals surface area (Å²) < 4.78 is 0. The van der Waals surface area contributed by atoms with Crippen LogP contribution >= 0.6 is 11.6 Å². The first-order valence-corrected chi connectivity index (χ1v) is 3.89. The molecule has 0 saturated carbocycles. The zero-order chi connectivity index (χ0) is 7.84. The molecule has 0 bridgehead atoms. The molecule has 0 aliphatic carbocycles. The van der Waals surface area contributed by atoms with Gasteiger partial charge in [0.2, 0.25) is 0 Å². The van der Waals surface area contributed by atoms with E-state index in [0.29, 0.717) is 0 Å². The number of rotatable bonds is 0. The number of para-hydroxylation sites is 1. The Labute approximate surface area is 70.0 Å². The fourth-order valence-corrected chi connectivity index (χ4v) is 1.49. The molecule has 2 rings (SSSR count). The lowest BCUT2D eigenvalue weighted by molar-refractivity contribution is 1.30. The van der Waals surface area contributed by atoms with Crippen LogP contribution in [0.15, 0.2) is 24.3 Å². The van der Waals surface area contributed by atoms with E-state index in [1.807, 2.05) is 25.1 Å². The first kappa shape index (κ1) is 6.74. The van der Waals surface area contributed by atoms with E-state index in [0.717, 1.165) is 16.2 Å². The lowest BCUT2D eigenvalue weighted by Crippen LogP contribution is -1.69. The average molecular weight is 166 g/mol. The standard InChI is InChI=1S/C9H8ClN/c1-6-5-7-3-2-4-8(10)9(7)11-6/h2-5,11H,1H3. The molecular weight excluding hydrogens is 158 g/mol. The van der Waals surface area contributed by atoms with E-state index in [2.05, 4.69) is 11.1 Å². The van der Waals surface area contributed by atoms with Gasteiger partial charge in [-0.1, -0.05) is 23.7 Å². The van der Waals surface area contributed by atoms with Crippen molar-refractivity contribution >= 4 is 22.5 Å². The molecule has 0 spiro atoms. The van der Waals surface area contributed by atoms with Gasteiger partial charge in [0.1, 0.15) is 0 Å². The Morgan fingerprint density at radius 3 is 2.91 bits per heavy atom. The molecule has 2 aromatic rings. The van der Waals surface area contributed by atoms with Crippen LogP contribution in [0.3, 0.4) is 0 Å². The Balaban J connectivity index is 2.90. The second-order valence-corrected chi connectivity index (χ2v) is 3.06. The fraction of sp³-hybridized carbons (Fsp3) is 0.111. The summed E-state index contributed by atoms with van der Waals surface area (Å²) in [5.41, 5.74) is 2.18. The molecule has 1 N–H and O–H groups in total. The number of hydrogen-bond donors (Lipinski definition) is 1. The molecule has 56 valence electrons. The molecule has 1 aromatic heterocycles. The van der Waals surface area contributed by atoms with Crippen molar-refractivity contribution in [1.82, 2.24) is 4.98 Å². The molecule has 11 heavy (non-hydrogen) atoms. The maximum atomic E-state index is 5.94. The van der Waals surface area contributed by atoms with Crippen molar-refractivity contribution in [1.29, 1.82) is 0 Å². The van der Waals surface area contributed by atoms with Crippen molar-refractivity contribution in [3.63, 3.8) is 0 Å². The van der Waals surface area contributed by atoms with Gasteiger partial charge in [0.25, 0.3) is 0 Å². The van der Waals surface area contributed by atoms with Gasteiger partial charge in [-0.25, -0.2) is 0 Å². The molecule has 1 aromatic carbocycles. The summed E-state index contributed by atoms with van der Waals surface area (Å²) in [5, 5.41) is 1.96. The summed E-state index contributed by atoms with van der Waals surface area (Å²) in [7, 11) is 0. The van der Waals surface area contributed by atoms with Gasteiger partial charge in [-0.05, 0) is 19.1 Å². The summed E-state index contributed by atoms with van der Waals surface area (Å²) in [5.74, 6) is 0. The van der Waals surface area contributed by atoms with Crippen LogP contribution in [0, 0.1) is 6.92 Å². The number of hydrogen-bond acceptors (Lipinski definition) is 0. The number of benzene rings is 1. The first-order valence-electron chi connectivity index (χ1n) is 3.51. The SMILES string of the molecule is Cc1cc2cccc(Cl)c2[nH]1. The molecule has 1 heterocycles. The molecule has 0 fully saturated rings. The number of aromatic nitrogens is 1. The molecule has 0 saturated heterocycles. The van der Waals surface area contributed by atoms with Crippen LogP contribution in [-0.4, -0.2) is 4.98 Å². The highest BCUT2D eigenvalue weighted by Gasteiger charge is 1.99. The minimum atomic E-state index is 0.788. The van der Waals surface area contributed by atoms with E-state index in [4.69, 9.17) is 11.6 Å². The van der Waals surface area contributed by atoms with Crippen LogP contribution < -0.4 is 0 Å². The second-order valence-electron chi connectivity index (χ2n) is 2.66. The summed E-state index contributed by atoms with van der Waals surface area (Å²) in [4.78, 5) is 3.19. The van der Waals surface area contributed by atoms with Gasteiger partial charge in [-0.2, -0.15) is 0 Å². The highest BCUT2D eigenvalue weighted by Crippen LogP contribution is 2.22. The van der Waals surface area contributed by atoms with Gasteiger partial charge in [0, 0.05) is 11.1 Å². The lowest BCUT2D eigenvalue weighted by Gasteiger charge is -1.90. The van der Waals surface area contributed by atoms with Crippen molar-refractivity contribution in [3.05, 3.63) is 35.0 Å². The molecule has 1 nitrogen and oxygen atoms in total. The van der Waals surface area contributed by atoms with Crippen LogP contribution in [0.25, 0.3) is 10.9 Å². The largest absolute Gasteiger partial charge is 0.357 e. The number of halogens is 1. The molecule has 0 atom stereocenters. The highest BCUT2D eigenvalue weighted by atomic mass is 35.5. The summed E-state index contributed by atoms with van der Waals surface area (Å²) >= 11 is 5.94. The van der Waals surface area contributed by atoms with Gasteiger partial charge in [0.15, 0.2) is 0 Å². The average Bonchev–Trinajstić information content (AvgIpc) is 2.31. The van der Waals surface area contributed by atoms with Crippen LogP contribution in [0.1, 0.15) is 5.69 Å². The van der Waals surface area contributed by atoms with Gasteiger partial charge < -0.3 is 4.98 Å².